The van der Waals surface area contributed by atoms with Gasteiger partial charge in [0.25, 0.3) is 0 Å². The van der Waals surface area contributed by atoms with Crippen LogP contribution in [0.1, 0.15) is 24.0 Å². The smallest absolute Gasteiger partial charge is 0.221 e. The third-order valence-corrected chi connectivity index (χ3v) is 5.80. The Morgan fingerprint density at radius 2 is 1.82 bits per heavy atom. The first-order valence-electron chi connectivity index (χ1n) is 11.1. The molecule has 1 fully saturated rings. The first kappa shape index (κ1) is 23.4. The van der Waals surface area contributed by atoms with E-state index in [1.807, 2.05) is 24.3 Å². The van der Waals surface area contributed by atoms with E-state index < -0.39 is 17.5 Å². The number of carbonyl (C=O) groups is 1. The van der Waals surface area contributed by atoms with Crippen molar-refractivity contribution in [3.63, 3.8) is 0 Å². The molecule has 7 nitrogen and oxygen atoms in total. The summed E-state index contributed by atoms with van der Waals surface area (Å²) < 4.78 is 27.5. The number of rotatable bonds is 8. The van der Waals surface area contributed by atoms with Crippen molar-refractivity contribution in [3.05, 3.63) is 77.5 Å². The second-order valence-electron chi connectivity index (χ2n) is 8.35. The van der Waals surface area contributed by atoms with Gasteiger partial charge < -0.3 is 26.4 Å². The molecule has 1 aromatic heterocycles. The normalized spacial score (nSPS) is 14.1. The first-order chi connectivity index (χ1) is 16.4. The number of nitrogens with one attached hydrogen (secondary N) is 2. The average Bonchev–Trinajstić information content (AvgIpc) is 2.82. The van der Waals surface area contributed by atoms with Crippen LogP contribution in [0.5, 0.6) is 0 Å². The van der Waals surface area contributed by atoms with Gasteiger partial charge in [0.15, 0.2) is 0 Å². The molecule has 2 heterocycles. The van der Waals surface area contributed by atoms with Crippen LogP contribution in [-0.2, 0) is 17.8 Å². The van der Waals surface area contributed by atoms with Gasteiger partial charge >= 0.3 is 0 Å². The summed E-state index contributed by atoms with van der Waals surface area (Å²) in [4.78, 5) is 18.1. The van der Waals surface area contributed by atoms with Crippen LogP contribution in [0, 0.1) is 11.6 Å². The number of aliphatic hydroxyl groups excluding tert-OH is 1. The van der Waals surface area contributed by atoms with E-state index >= 15 is 0 Å². The Hall–Kier alpha value is -3.72. The van der Waals surface area contributed by atoms with E-state index in [2.05, 4.69) is 20.5 Å². The first-order valence-corrected chi connectivity index (χ1v) is 11.1. The van der Waals surface area contributed by atoms with Gasteiger partial charge in [0.2, 0.25) is 5.91 Å². The predicted molar refractivity (Wildman–Crippen MR) is 128 cm³/mol. The number of hydrogen-bond donors (Lipinski definition) is 4. The summed E-state index contributed by atoms with van der Waals surface area (Å²) in [5.74, 6) is -1.06. The van der Waals surface area contributed by atoms with Gasteiger partial charge in [-0.2, -0.15) is 0 Å². The average molecular weight is 468 g/mol. The van der Waals surface area contributed by atoms with Gasteiger partial charge in [0, 0.05) is 60.1 Å². The molecule has 1 amide bonds. The van der Waals surface area contributed by atoms with Gasteiger partial charge in [-0.05, 0) is 55.3 Å². The van der Waals surface area contributed by atoms with Crippen molar-refractivity contribution >= 4 is 28.8 Å². The van der Waals surface area contributed by atoms with E-state index in [9.17, 15) is 18.7 Å². The third-order valence-electron chi connectivity index (χ3n) is 5.80. The van der Waals surface area contributed by atoms with Crippen LogP contribution in [-0.4, -0.2) is 35.2 Å². The van der Waals surface area contributed by atoms with Crippen molar-refractivity contribution < 1.29 is 18.7 Å². The Labute approximate surface area is 196 Å². The van der Waals surface area contributed by atoms with Crippen LogP contribution >= 0.6 is 0 Å². The van der Waals surface area contributed by atoms with E-state index in [0.29, 0.717) is 17.1 Å². The van der Waals surface area contributed by atoms with Gasteiger partial charge in [0.1, 0.15) is 17.5 Å². The van der Waals surface area contributed by atoms with Crippen molar-refractivity contribution in [1.82, 2.24) is 4.98 Å². The monoisotopic (exact) mass is 467 g/mol. The van der Waals surface area contributed by atoms with Gasteiger partial charge in [-0.3, -0.25) is 4.79 Å². The van der Waals surface area contributed by atoms with Crippen molar-refractivity contribution in [1.29, 1.82) is 0 Å². The molecule has 2 aromatic carbocycles. The van der Waals surface area contributed by atoms with E-state index in [1.54, 1.807) is 6.07 Å². The summed E-state index contributed by atoms with van der Waals surface area (Å²) in [6.07, 6.45) is 2.79. The number of aliphatic hydroxyl groups is 1. The Morgan fingerprint density at radius 1 is 1.09 bits per heavy atom. The molecule has 0 spiro atoms. The van der Waals surface area contributed by atoms with E-state index in [0.717, 1.165) is 55.5 Å². The Bertz CT molecular complexity index is 1150. The lowest BCUT2D eigenvalue weighted by molar-refractivity contribution is -0.117. The molecule has 178 valence electrons. The zero-order valence-corrected chi connectivity index (χ0v) is 18.6. The van der Waals surface area contributed by atoms with E-state index in [-0.39, 0.29) is 24.6 Å². The number of hydrogen-bond acceptors (Lipinski definition) is 6. The van der Waals surface area contributed by atoms with Crippen LogP contribution in [0.4, 0.5) is 31.7 Å². The maximum Gasteiger partial charge on any atom is 0.221 e. The number of nitrogens with two attached hydrogens (primary N) is 1. The number of anilines is 4. The quantitative estimate of drug-likeness (QED) is 0.403. The summed E-state index contributed by atoms with van der Waals surface area (Å²) in [5.41, 5.74) is 8.52. The summed E-state index contributed by atoms with van der Waals surface area (Å²) in [7, 11) is 0. The number of amides is 1. The lowest BCUT2D eigenvalue weighted by atomic mass is 10.1. The second-order valence-corrected chi connectivity index (χ2v) is 8.35. The van der Waals surface area contributed by atoms with Gasteiger partial charge in [-0.15, -0.1) is 0 Å². The molecule has 3 aromatic rings. The molecular formula is C25H27F2N5O2. The lowest BCUT2D eigenvalue weighted by Crippen LogP contribution is -2.35. The molecule has 1 aliphatic heterocycles. The zero-order valence-electron chi connectivity index (χ0n) is 18.6. The van der Waals surface area contributed by atoms with Crippen molar-refractivity contribution in [2.75, 3.05) is 28.6 Å². The fourth-order valence-corrected chi connectivity index (χ4v) is 3.94. The highest BCUT2D eigenvalue weighted by Crippen LogP contribution is 2.26. The predicted octanol–water partition coefficient (Wildman–Crippen LogP) is 3.70. The van der Waals surface area contributed by atoms with Gasteiger partial charge in [-0.1, -0.05) is 0 Å². The Morgan fingerprint density at radius 3 is 2.53 bits per heavy atom. The fraction of sp³-hybridized carbons (Fsp3) is 0.280. The molecular weight excluding hydrogens is 440 g/mol. The number of piperidine rings is 1. The van der Waals surface area contributed by atoms with Crippen LogP contribution in [0.15, 0.2) is 54.7 Å². The maximum atomic E-state index is 14.0. The highest BCUT2D eigenvalue weighted by molar-refractivity contribution is 5.79. The molecule has 4 rings (SSSR count). The molecule has 0 radical (unpaired) electrons. The molecule has 0 saturated carbocycles. The van der Waals surface area contributed by atoms with Crippen molar-refractivity contribution in [2.24, 2.45) is 5.73 Å². The standard InChI is InChI=1S/C25H27F2N5O2/c26-18-1-6-22(27)16(11-18)14-29-23-13-25(30-15-17(23)12-24(28)34)31-19-2-4-20(5-3-19)32-9-7-21(33)8-10-32/h1-6,11,13,15,21,33H,7-10,12,14H2,(H2,28,34)(H2,29,30,31). The molecule has 1 aliphatic rings. The molecule has 0 aliphatic carbocycles. The number of primary amides is 1. The number of benzene rings is 2. The topological polar surface area (TPSA) is 104 Å². The molecule has 5 N–H and O–H groups in total. The minimum atomic E-state index is -0.531. The second kappa shape index (κ2) is 10.5. The van der Waals surface area contributed by atoms with E-state index in [1.165, 1.54) is 6.20 Å². The third kappa shape index (κ3) is 5.99. The molecule has 0 bridgehead atoms. The molecule has 9 heteroatoms. The van der Waals surface area contributed by atoms with E-state index in [4.69, 9.17) is 5.73 Å². The van der Waals surface area contributed by atoms with Crippen LogP contribution in [0.2, 0.25) is 0 Å². The largest absolute Gasteiger partial charge is 0.393 e. The number of aromatic nitrogens is 1. The Balaban J connectivity index is 1.48. The van der Waals surface area contributed by atoms with Gasteiger partial charge in [-0.25, -0.2) is 13.8 Å². The van der Waals surface area contributed by atoms with Crippen molar-refractivity contribution in [3.8, 4) is 0 Å². The highest BCUT2D eigenvalue weighted by atomic mass is 19.1. The number of halogens is 2. The molecule has 34 heavy (non-hydrogen) atoms. The molecule has 1 saturated heterocycles. The van der Waals surface area contributed by atoms with Crippen LogP contribution in [0.3, 0.4) is 0 Å². The van der Waals surface area contributed by atoms with Gasteiger partial charge in [0.05, 0.1) is 12.5 Å². The molecule has 0 unspecified atom stereocenters. The zero-order chi connectivity index (χ0) is 24.1. The number of nitrogens with zero attached hydrogens (tertiary/aromatic N) is 2. The fourth-order valence-electron chi connectivity index (χ4n) is 3.94. The summed E-state index contributed by atoms with van der Waals surface area (Å²) in [5, 5.41) is 16.0. The highest BCUT2D eigenvalue weighted by Gasteiger charge is 2.17. The van der Waals surface area contributed by atoms with Crippen molar-refractivity contribution in [2.45, 2.75) is 31.9 Å². The lowest BCUT2D eigenvalue weighted by Gasteiger charge is -2.31. The van der Waals surface area contributed by atoms with Crippen LogP contribution in [0.25, 0.3) is 0 Å². The Kier molecular flexibility index (Phi) is 7.22. The minimum Gasteiger partial charge on any atom is -0.393 e. The van der Waals surface area contributed by atoms with Crippen LogP contribution < -0.4 is 21.3 Å². The maximum absolute atomic E-state index is 14.0. The number of pyridine rings is 1. The summed E-state index contributed by atoms with van der Waals surface area (Å²) in [6, 6.07) is 12.9. The SMILES string of the molecule is NC(=O)Cc1cnc(Nc2ccc(N3CCC(O)CC3)cc2)cc1NCc1cc(F)ccc1F. The molecule has 0 atom stereocenters. The summed E-state index contributed by atoms with van der Waals surface area (Å²) in [6.45, 7) is 1.66. The summed E-state index contributed by atoms with van der Waals surface area (Å²) >= 11 is 0. The minimum absolute atomic E-state index is 0.0258. The number of carbonyl (C=O) groups excluding carboxylic acids is 1.